The molecule has 0 aliphatic heterocycles. The standard InChI is InChI=1S/C17H16BrF2N/c18-16-4-2-1-3-15(16)12-7-14(8-12)21-10-11-5-6-13(19)9-17(11)20/h1-6,9,12,14,21H,7-8,10H2. The smallest absolute Gasteiger partial charge is 0.130 e. The van der Waals surface area contributed by atoms with Crippen LogP contribution in [-0.2, 0) is 6.54 Å². The Bertz CT molecular complexity index is 638. The Morgan fingerprint density at radius 2 is 1.86 bits per heavy atom. The maximum absolute atomic E-state index is 13.5. The molecule has 0 heterocycles. The number of nitrogens with one attached hydrogen (secondary N) is 1. The van der Waals surface area contributed by atoms with Gasteiger partial charge in [-0.05, 0) is 36.5 Å². The lowest BCUT2D eigenvalue weighted by molar-refractivity contribution is 0.287. The van der Waals surface area contributed by atoms with Gasteiger partial charge in [-0.1, -0.05) is 40.2 Å². The van der Waals surface area contributed by atoms with Crippen molar-refractivity contribution in [1.82, 2.24) is 5.32 Å². The van der Waals surface area contributed by atoms with Gasteiger partial charge in [0.25, 0.3) is 0 Å². The van der Waals surface area contributed by atoms with Gasteiger partial charge < -0.3 is 5.32 Å². The minimum atomic E-state index is -0.533. The van der Waals surface area contributed by atoms with E-state index in [1.807, 2.05) is 6.07 Å². The molecule has 1 aliphatic carbocycles. The Balaban J connectivity index is 1.52. The Morgan fingerprint density at radius 3 is 2.57 bits per heavy atom. The van der Waals surface area contributed by atoms with E-state index in [1.165, 1.54) is 17.7 Å². The summed E-state index contributed by atoms with van der Waals surface area (Å²) in [6.45, 7) is 0.444. The third kappa shape index (κ3) is 3.33. The summed E-state index contributed by atoms with van der Waals surface area (Å²) in [5, 5.41) is 3.34. The fraction of sp³-hybridized carbons (Fsp3) is 0.294. The Hall–Kier alpha value is -1.26. The first kappa shape index (κ1) is 14.7. The zero-order chi connectivity index (χ0) is 14.8. The number of hydrogen-bond donors (Lipinski definition) is 1. The lowest BCUT2D eigenvalue weighted by Crippen LogP contribution is -2.39. The summed E-state index contributed by atoms with van der Waals surface area (Å²) >= 11 is 3.58. The van der Waals surface area contributed by atoms with Gasteiger partial charge in [-0.2, -0.15) is 0 Å². The van der Waals surface area contributed by atoms with Gasteiger partial charge in [0.1, 0.15) is 11.6 Å². The minimum absolute atomic E-state index is 0.395. The monoisotopic (exact) mass is 351 g/mol. The Labute approximate surface area is 131 Å². The first-order chi connectivity index (χ1) is 10.1. The molecule has 1 N–H and O–H groups in total. The highest BCUT2D eigenvalue weighted by atomic mass is 79.9. The van der Waals surface area contributed by atoms with E-state index in [0.717, 1.165) is 23.4 Å². The molecule has 1 saturated carbocycles. The van der Waals surface area contributed by atoms with E-state index in [0.29, 0.717) is 24.1 Å². The second-order valence-corrected chi connectivity index (χ2v) is 6.36. The SMILES string of the molecule is Fc1ccc(CNC2CC(c3ccccc3Br)C2)c(F)c1. The van der Waals surface area contributed by atoms with Gasteiger partial charge in [0, 0.05) is 28.7 Å². The molecule has 0 saturated heterocycles. The molecule has 0 atom stereocenters. The minimum Gasteiger partial charge on any atom is -0.310 e. The highest BCUT2D eigenvalue weighted by Gasteiger charge is 2.30. The van der Waals surface area contributed by atoms with Crippen molar-refractivity contribution in [3.05, 3.63) is 69.7 Å². The van der Waals surface area contributed by atoms with Crippen molar-refractivity contribution >= 4 is 15.9 Å². The molecule has 0 amide bonds. The zero-order valence-electron chi connectivity index (χ0n) is 11.5. The van der Waals surface area contributed by atoms with Crippen molar-refractivity contribution < 1.29 is 8.78 Å². The quantitative estimate of drug-likeness (QED) is 0.836. The van der Waals surface area contributed by atoms with Crippen LogP contribution in [0.4, 0.5) is 8.78 Å². The molecule has 4 heteroatoms. The number of rotatable bonds is 4. The summed E-state index contributed by atoms with van der Waals surface area (Å²) in [6, 6.07) is 12.4. The number of hydrogen-bond acceptors (Lipinski definition) is 1. The Morgan fingerprint density at radius 1 is 1.10 bits per heavy atom. The van der Waals surface area contributed by atoms with Crippen molar-refractivity contribution in [1.29, 1.82) is 0 Å². The average molecular weight is 352 g/mol. The summed E-state index contributed by atoms with van der Waals surface area (Å²) in [5.41, 5.74) is 1.85. The van der Waals surface area contributed by atoms with Crippen LogP contribution in [0, 0.1) is 11.6 Å². The molecular weight excluding hydrogens is 336 g/mol. The van der Waals surface area contributed by atoms with Crippen LogP contribution >= 0.6 is 15.9 Å². The normalized spacial score (nSPS) is 21.1. The predicted molar refractivity (Wildman–Crippen MR) is 83.1 cm³/mol. The summed E-state index contributed by atoms with van der Waals surface area (Å²) in [4.78, 5) is 0. The molecule has 0 aromatic heterocycles. The lowest BCUT2D eigenvalue weighted by Gasteiger charge is -2.37. The van der Waals surface area contributed by atoms with E-state index in [9.17, 15) is 8.78 Å². The molecule has 1 aliphatic rings. The molecule has 0 bridgehead atoms. The van der Waals surface area contributed by atoms with Crippen molar-refractivity contribution in [2.45, 2.75) is 31.3 Å². The van der Waals surface area contributed by atoms with Gasteiger partial charge >= 0.3 is 0 Å². The van der Waals surface area contributed by atoms with E-state index in [1.54, 1.807) is 0 Å². The molecule has 21 heavy (non-hydrogen) atoms. The fourth-order valence-corrected chi connectivity index (χ4v) is 3.37. The van der Waals surface area contributed by atoms with Crippen LogP contribution in [0.2, 0.25) is 0 Å². The summed E-state index contributed by atoms with van der Waals surface area (Å²) < 4.78 is 27.5. The van der Waals surface area contributed by atoms with Gasteiger partial charge in [-0.15, -0.1) is 0 Å². The lowest BCUT2D eigenvalue weighted by atomic mass is 9.76. The number of benzene rings is 2. The molecule has 0 spiro atoms. The van der Waals surface area contributed by atoms with Crippen LogP contribution < -0.4 is 5.32 Å². The molecule has 3 rings (SSSR count). The van der Waals surface area contributed by atoms with E-state index in [4.69, 9.17) is 0 Å². The van der Waals surface area contributed by atoms with Crippen molar-refractivity contribution in [2.24, 2.45) is 0 Å². The summed E-state index contributed by atoms with van der Waals surface area (Å²) in [6.07, 6.45) is 2.09. The summed E-state index contributed by atoms with van der Waals surface area (Å²) in [7, 11) is 0. The largest absolute Gasteiger partial charge is 0.310 e. The highest BCUT2D eigenvalue weighted by Crippen LogP contribution is 2.40. The fourth-order valence-electron chi connectivity index (χ4n) is 2.76. The molecule has 2 aromatic rings. The maximum atomic E-state index is 13.5. The molecule has 1 fully saturated rings. The number of halogens is 3. The van der Waals surface area contributed by atoms with Gasteiger partial charge in [0.2, 0.25) is 0 Å². The van der Waals surface area contributed by atoms with Crippen molar-refractivity contribution in [3.8, 4) is 0 Å². The van der Waals surface area contributed by atoms with Gasteiger partial charge in [-0.3, -0.25) is 0 Å². The van der Waals surface area contributed by atoms with Crippen LogP contribution in [0.5, 0.6) is 0 Å². The van der Waals surface area contributed by atoms with Crippen molar-refractivity contribution in [3.63, 3.8) is 0 Å². The third-order valence-electron chi connectivity index (χ3n) is 4.08. The van der Waals surface area contributed by atoms with Gasteiger partial charge in [-0.25, -0.2) is 8.78 Å². The second kappa shape index (κ2) is 6.24. The van der Waals surface area contributed by atoms with E-state index in [-0.39, 0.29) is 0 Å². The topological polar surface area (TPSA) is 12.0 Å². The van der Waals surface area contributed by atoms with Crippen LogP contribution in [0.3, 0.4) is 0 Å². The second-order valence-electron chi connectivity index (χ2n) is 5.50. The van der Waals surface area contributed by atoms with Crippen LogP contribution in [-0.4, -0.2) is 6.04 Å². The first-order valence-electron chi connectivity index (χ1n) is 7.05. The molecule has 0 radical (unpaired) electrons. The first-order valence-corrected chi connectivity index (χ1v) is 7.84. The molecular formula is C17H16BrF2N. The van der Waals surface area contributed by atoms with E-state index >= 15 is 0 Å². The Kier molecular flexibility index (Phi) is 4.36. The maximum Gasteiger partial charge on any atom is 0.130 e. The van der Waals surface area contributed by atoms with Crippen LogP contribution in [0.15, 0.2) is 46.9 Å². The molecule has 1 nitrogen and oxygen atoms in total. The van der Waals surface area contributed by atoms with Gasteiger partial charge in [0.15, 0.2) is 0 Å². The molecule has 2 aromatic carbocycles. The van der Waals surface area contributed by atoms with Crippen molar-refractivity contribution in [2.75, 3.05) is 0 Å². The van der Waals surface area contributed by atoms with Gasteiger partial charge in [0.05, 0.1) is 0 Å². The highest BCUT2D eigenvalue weighted by molar-refractivity contribution is 9.10. The zero-order valence-corrected chi connectivity index (χ0v) is 13.0. The van der Waals surface area contributed by atoms with E-state index in [2.05, 4.69) is 39.4 Å². The average Bonchev–Trinajstić information content (AvgIpc) is 2.41. The van der Waals surface area contributed by atoms with Crippen LogP contribution in [0.1, 0.15) is 29.9 Å². The predicted octanol–water partition coefficient (Wildman–Crippen LogP) is 4.76. The van der Waals surface area contributed by atoms with Crippen LogP contribution in [0.25, 0.3) is 0 Å². The van der Waals surface area contributed by atoms with E-state index < -0.39 is 11.6 Å². The summed E-state index contributed by atoms with van der Waals surface area (Å²) in [5.74, 6) is -0.464. The molecule has 110 valence electrons. The molecule has 0 unspecified atom stereocenters. The third-order valence-corrected chi connectivity index (χ3v) is 4.80.